The van der Waals surface area contributed by atoms with E-state index in [2.05, 4.69) is 41.4 Å². The van der Waals surface area contributed by atoms with E-state index in [1.165, 1.54) is 11.1 Å². The predicted molar refractivity (Wildman–Crippen MR) is 83.0 cm³/mol. The van der Waals surface area contributed by atoms with Crippen molar-refractivity contribution in [1.82, 2.24) is 10.2 Å². The first-order chi connectivity index (χ1) is 10.2. The van der Waals surface area contributed by atoms with E-state index in [1.807, 2.05) is 0 Å². The van der Waals surface area contributed by atoms with Crippen LogP contribution >= 0.6 is 0 Å². The third kappa shape index (κ3) is 4.81. The van der Waals surface area contributed by atoms with E-state index in [1.54, 1.807) is 0 Å². The number of aryl methyl sites for hydroxylation is 1. The quantitative estimate of drug-likeness (QED) is 0.815. The first-order valence-corrected chi connectivity index (χ1v) is 7.56. The van der Waals surface area contributed by atoms with Crippen LogP contribution in [-0.2, 0) is 9.53 Å². The molecule has 1 heterocycles. The Morgan fingerprint density at radius 2 is 2.19 bits per heavy atom. The second-order valence-electron chi connectivity index (χ2n) is 5.42. The lowest BCUT2D eigenvalue weighted by atomic mass is 10.0. The highest BCUT2D eigenvalue weighted by Gasteiger charge is 2.23. The minimum atomic E-state index is 0.0170. The van der Waals surface area contributed by atoms with Crippen LogP contribution in [0.3, 0.4) is 0 Å². The summed E-state index contributed by atoms with van der Waals surface area (Å²) in [5.74, 6) is 0.0170. The van der Waals surface area contributed by atoms with Crippen molar-refractivity contribution in [3.63, 3.8) is 0 Å². The number of nitrogens with one attached hydrogen (secondary N) is 1. The smallest absolute Gasteiger partial charge is 0.221 e. The summed E-state index contributed by atoms with van der Waals surface area (Å²) in [7, 11) is 0. The number of hydrogen-bond donors (Lipinski definition) is 2. The summed E-state index contributed by atoms with van der Waals surface area (Å²) in [6.07, 6.45) is 0.379. The average molecular weight is 291 g/mol. The van der Waals surface area contributed by atoms with E-state index in [0.717, 1.165) is 26.3 Å². The second-order valence-corrected chi connectivity index (χ2v) is 5.42. The molecule has 1 aliphatic heterocycles. The summed E-state index contributed by atoms with van der Waals surface area (Å²) in [4.78, 5) is 14.1. The summed E-state index contributed by atoms with van der Waals surface area (Å²) in [5, 5.41) is 3.00. The van der Waals surface area contributed by atoms with Crippen molar-refractivity contribution >= 4 is 5.91 Å². The molecule has 116 valence electrons. The minimum absolute atomic E-state index is 0.0170. The zero-order chi connectivity index (χ0) is 15.1. The Kier molecular flexibility index (Phi) is 6.17. The van der Waals surface area contributed by atoms with Gasteiger partial charge in [0.2, 0.25) is 5.91 Å². The molecule has 1 aliphatic rings. The monoisotopic (exact) mass is 291 g/mol. The van der Waals surface area contributed by atoms with Crippen molar-refractivity contribution in [2.24, 2.45) is 5.73 Å². The molecule has 0 saturated carbocycles. The van der Waals surface area contributed by atoms with Crippen LogP contribution in [0.25, 0.3) is 0 Å². The zero-order valence-corrected chi connectivity index (χ0v) is 12.7. The van der Waals surface area contributed by atoms with Gasteiger partial charge in [-0.1, -0.05) is 29.8 Å². The highest BCUT2D eigenvalue weighted by Crippen LogP contribution is 2.22. The van der Waals surface area contributed by atoms with Gasteiger partial charge in [0.25, 0.3) is 0 Å². The maximum Gasteiger partial charge on any atom is 0.221 e. The largest absolute Gasteiger partial charge is 0.379 e. The van der Waals surface area contributed by atoms with Crippen LogP contribution in [0.5, 0.6) is 0 Å². The maximum absolute atomic E-state index is 11.7. The zero-order valence-electron chi connectivity index (χ0n) is 12.7. The first kappa shape index (κ1) is 15.9. The van der Waals surface area contributed by atoms with Gasteiger partial charge in [0.15, 0.2) is 0 Å². The Bertz CT molecular complexity index is 459. The van der Waals surface area contributed by atoms with Crippen LogP contribution in [0.2, 0.25) is 0 Å². The van der Waals surface area contributed by atoms with E-state index >= 15 is 0 Å². The van der Waals surface area contributed by atoms with E-state index in [-0.39, 0.29) is 11.9 Å². The van der Waals surface area contributed by atoms with Gasteiger partial charge < -0.3 is 15.8 Å². The summed E-state index contributed by atoms with van der Waals surface area (Å²) < 4.78 is 5.43. The summed E-state index contributed by atoms with van der Waals surface area (Å²) >= 11 is 0. The Hall–Kier alpha value is -1.43. The molecular formula is C16H25N3O2. The fraction of sp³-hybridized carbons (Fsp3) is 0.562. The van der Waals surface area contributed by atoms with Gasteiger partial charge >= 0.3 is 0 Å². The number of carbonyl (C=O) groups is 1. The van der Waals surface area contributed by atoms with Crippen molar-refractivity contribution in [3.8, 4) is 0 Å². The third-order valence-electron chi connectivity index (χ3n) is 3.78. The Balaban J connectivity index is 2.07. The van der Waals surface area contributed by atoms with Gasteiger partial charge in [0, 0.05) is 32.6 Å². The standard InChI is InChI=1S/C16H25N3O2/c1-13-3-2-4-14(11-13)15(12-18-16(20)5-6-17)19-7-9-21-10-8-19/h2-4,11,15H,5-10,12,17H2,1H3,(H,18,20). The first-order valence-electron chi connectivity index (χ1n) is 7.56. The van der Waals surface area contributed by atoms with Gasteiger partial charge in [-0.25, -0.2) is 0 Å². The second kappa shape index (κ2) is 8.12. The molecule has 1 amide bonds. The van der Waals surface area contributed by atoms with E-state index in [9.17, 15) is 4.79 Å². The number of benzene rings is 1. The van der Waals surface area contributed by atoms with Crippen molar-refractivity contribution in [1.29, 1.82) is 0 Å². The Morgan fingerprint density at radius 3 is 2.86 bits per heavy atom. The molecule has 1 unspecified atom stereocenters. The van der Waals surface area contributed by atoms with Crippen molar-refractivity contribution in [2.45, 2.75) is 19.4 Å². The van der Waals surface area contributed by atoms with Crippen LogP contribution in [0, 0.1) is 6.92 Å². The molecule has 0 spiro atoms. The fourth-order valence-electron chi connectivity index (χ4n) is 2.65. The number of hydrogen-bond acceptors (Lipinski definition) is 4. The van der Waals surface area contributed by atoms with Crippen molar-refractivity contribution < 1.29 is 9.53 Å². The van der Waals surface area contributed by atoms with Crippen LogP contribution in [0.4, 0.5) is 0 Å². The number of ether oxygens (including phenoxy) is 1. The molecule has 1 saturated heterocycles. The number of carbonyl (C=O) groups excluding carboxylic acids is 1. The van der Waals surface area contributed by atoms with Gasteiger partial charge in [-0.3, -0.25) is 9.69 Å². The van der Waals surface area contributed by atoms with Gasteiger partial charge in [-0.2, -0.15) is 0 Å². The predicted octanol–water partition coefficient (Wildman–Crippen LogP) is 0.833. The molecule has 0 aromatic heterocycles. The lowest BCUT2D eigenvalue weighted by molar-refractivity contribution is -0.121. The van der Waals surface area contributed by atoms with Crippen molar-refractivity contribution in [2.75, 3.05) is 39.4 Å². The summed E-state index contributed by atoms with van der Waals surface area (Å²) in [6.45, 7) is 6.38. The molecule has 0 radical (unpaired) electrons. The van der Waals surface area contributed by atoms with Gasteiger partial charge in [0.05, 0.1) is 19.3 Å². The summed E-state index contributed by atoms with van der Waals surface area (Å²) in [6, 6.07) is 8.67. The molecule has 0 bridgehead atoms. The molecular weight excluding hydrogens is 266 g/mol. The molecule has 1 aromatic rings. The average Bonchev–Trinajstić information content (AvgIpc) is 2.49. The van der Waals surface area contributed by atoms with E-state index in [0.29, 0.717) is 19.5 Å². The number of rotatable bonds is 6. The molecule has 1 aromatic carbocycles. The van der Waals surface area contributed by atoms with Gasteiger partial charge in [-0.05, 0) is 12.5 Å². The van der Waals surface area contributed by atoms with Gasteiger partial charge in [-0.15, -0.1) is 0 Å². The van der Waals surface area contributed by atoms with E-state index in [4.69, 9.17) is 10.5 Å². The van der Waals surface area contributed by atoms with E-state index < -0.39 is 0 Å². The molecule has 1 fully saturated rings. The molecule has 5 nitrogen and oxygen atoms in total. The lowest BCUT2D eigenvalue weighted by Gasteiger charge is -2.35. The Labute approximate surface area is 126 Å². The van der Waals surface area contributed by atoms with Crippen LogP contribution < -0.4 is 11.1 Å². The molecule has 5 heteroatoms. The number of nitrogens with two attached hydrogens (primary N) is 1. The van der Waals surface area contributed by atoms with Gasteiger partial charge in [0.1, 0.15) is 0 Å². The maximum atomic E-state index is 11.7. The number of nitrogens with zero attached hydrogens (tertiary/aromatic N) is 1. The van der Waals surface area contributed by atoms with Crippen LogP contribution in [0.15, 0.2) is 24.3 Å². The topological polar surface area (TPSA) is 67.6 Å². The van der Waals surface area contributed by atoms with Crippen molar-refractivity contribution in [3.05, 3.63) is 35.4 Å². The SMILES string of the molecule is Cc1cccc(C(CNC(=O)CCN)N2CCOCC2)c1. The lowest BCUT2D eigenvalue weighted by Crippen LogP contribution is -2.44. The number of amides is 1. The fourth-order valence-corrected chi connectivity index (χ4v) is 2.65. The van der Waals surface area contributed by atoms with Crippen LogP contribution in [0.1, 0.15) is 23.6 Å². The van der Waals surface area contributed by atoms with Crippen LogP contribution in [-0.4, -0.2) is 50.2 Å². The Morgan fingerprint density at radius 1 is 1.43 bits per heavy atom. The normalized spacial score (nSPS) is 17.4. The molecule has 3 N–H and O–H groups in total. The third-order valence-corrected chi connectivity index (χ3v) is 3.78. The summed E-state index contributed by atoms with van der Waals surface area (Å²) in [5.41, 5.74) is 7.90. The minimum Gasteiger partial charge on any atom is -0.379 e. The highest BCUT2D eigenvalue weighted by molar-refractivity contribution is 5.76. The highest BCUT2D eigenvalue weighted by atomic mass is 16.5. The molecule has 1 atom stereocenters. The molecule has 21 heavy (non-hydrogen) atoms. The number of morpholine rings is 1. The molecule has 0 aliphatic carbocycles. The molecule has 2 rings (SSSR count).